The van der Waals surface area contributed by atoms with E-state index in [1.54, 1.807) is 6.07 Å². The maximum absolute atomic E-state index is 13.4. The van der Waals surface area contributed by atoms with Gasteiger partial charge in [-0.3, -0.25) is 0 Å². The molecule has 4 nitrogen and oxygen atoms in total. The van der Waals surface area contributed by atoms with Crippen LogP contribution in [-0.2, 0) is 11.3 Å². The molecule has 1 unspecified atom stereocenters. The third kappa shape index (κ3) is 2.40. The number of hydrogen-bond donors (Lipinski definition) is 1. The van der Waals surface area contributed by atoms with Crippen molar-refractivity contribution in [3.8, 4) is 0 Å². The van der Waals surface area contributed by atoms with Crippen molar-refractivity contribution in [3.63, 3.8) is 0 Å². The molecule has 0 amide bonds. The SMILES string of the molecule is Nc1nc2cc(F)c(Cl)cc2n1CC1CCCOC1. The minimum absolute atomic E-state index is 0.0912. The molecule has 2 aromatic rings. The zero-order chi connectivity index (χ0) is 13.4. The second-order valence-electron chi connectivity index (χ2n) is 4.92. The van der Waals surface area contributed by atoms with E-state index < -0.39 is 5.82 Å². The normalized spacial score (nSPS) is 20.0. The van der Waals surface area contributed by atoms with Crippen molar-refractivity contribution in [2.75, 3.05) is 18.9 Å². The fraction of sp³-hybridized carbons (Fsp3) is 0.462. The average Bonchev–Trinajstić information content (AvgIpc) is 2.68. The number of anilines is 1. The van der Waals surface area contributed by atoms with Crippen LogP contribution in [0.4, 0.5) is 10.3 Å². The summed E-state index contributed by atoms with van der Waals surface area (Å²) >= 11 is 5.83. The van der Waals surface area contributed by atoms with E-state index in [2.05, 4.69) is 4.98 Å². The van der Waals surface area contributed by atoms with Crippen molar-refractivity contribution in [2.24, 2.45) is 5.92 Å². The van der Waals surface area contributed by atoms with Gasteiger partial charge in [-0.05, 0) is 18.9 Å². The third-order valence-corrected chi connectivity index (χ3v) is 3.80. The van der Waals surface area contributed by atoms with Crippen LogP contribution in [-0.4, -0.2) is 22.8 Å². The molecule has 0 aliphatic carbocycles. The first-order valence-electron chi connectivity index (χ1n) is 6.33. The summed E-state index contributed by atoms with van der Waals surface area (Å²) in [6.45, 7) is 2.28. The molecule has 0 spiro atoms. The van der Waals surface area contributed by atoms with E-state index in [4.69, 9.17) is 22.1 Å². The van der Waals surface area contributed by atoms with Gasteiger partial charge in [0.2, 0.25) is 5.95 Å². The second kappa shape index (κ2) is 4.98. The Morgan fingerprint density at radius 3 is 3.11 bits per heavy atom. The molecule has 2 N–H and O–H groups in total. The lowest BCUT2D eigenvalue weighted by Crippen LogP contribution is -2.22. The van der Waals surface area contributed by atoms with Crippen LogP contribution in [0.5, 0.6) is 0 Å². The second-order valence-corrected chi connectivity index (χ2v) is 5.33. The lowest BCUT2D eigenvalue weighted by molar-refractivity contribution is 0.0490. The molecule has 6 heteroatoms. The molecule has 19 heavy (non-hydrogen) atoms. The largest absolute Gasteiger partial charge is 0.381 e. The van der Waals surface area contributed by atoms with Crippen LogP contribution in [0.25, 0.3) is 11.0 Å². The Morgan fingerprint density at radius 1 is 1.53 bits per heavy atom. The Hall–Kier alpha value is -1.33. The summed E-state index contributed by atoms with van der Waals surface area (Å²) in [6.07, 6.45) is 2.17. The predicted molar refractivity (Wildman–Crippen MR) is 72.7 cm³/mol. The fourth-order valence-corrected chi connectivity index (χ4v) is 2.70. The summed E-state index contributed by atoms with van der Waals surface area (Å²) in [5, 5.41) is 0.0912. The number of rotatable bonds is 2. The number of halogens is 2. The van der Waals surface area contributed by atoms with Crippen molar-refractivity contribution in [1.82, 2.24) is 9.55 Å². The van der Waals surface area contributed by atoms with Crippen LogP contribution < -0.4 is 5.73 Å². The molecule has 1 aromatic heterocycles. The van der Waals surface area contributed by atoms with Gasteiger partial charge in [0.1, 0.15) is 5.82 Å². The summed E-state index contributed by atoms with van der Waals surface area (Å²) in [5.41, 5.74) is 7.23. The van der Waals surface area contributed by atoms with Crippen molar-refractivity contribution >= 4 is 28.6 Å². The molecule has 1 aliphatic heterocycles. The van der Waals surface area contributed by atoms with Gasteiger partial charge in [0, 0.05) is 25.1 Å². The number of hydrogen-bond acceptors (Lipinski definition) is 3. The quantitative estimate of drug-likeness (QED) is 0.922. The fourth-order valence-electron chi connectivity index (χ4n) is 2.54. The number of nitrogen functional groups attached to an aromatic ring is 1. The molecule has 2 heterocycles. The minimum Gasteiger partial charge on any atom is -0.381 e. The number of nitrogens with two attached hydrogens (primary N) is 1. The van der Waals surface area contributed by atoms with Crippen LogP contribution in [0.3, 0.4) is 0 Å². The first kappa shape index (κ1) is 12.7. The monoisotopic (exact) mass is 283 g/mol. The summed E-state index contributed by atoms with van der Waals surface area (Å²) in [4.78, 5) is 4.18. The highest BCUT2D eigenvalue weighted by Gasteiger charge is 2.18. The van der Waals surface area contributed by atoms with E-state index in [0.717, 1.165) is 38.1 Å². The lowest BCUT2D eigenvalue weighted by Gasteiger charge is -2.23. The maximum atomic E-state index is 13.4. The highest BCUT2D eigenvalue weighted by atomic mass is 35.5. The van der Waals surface area contributed by atoms with Crippen LogP contribution in [0.2, 0.25) is 5.02 Å². The molecule has 1 fully saturated rings. The first-order chi connectivity index (χ1) is 9.15. The molecule has 1 aromatic carbocycles. The van der Waals surface area contributed by atoms with E-state index in [-0.39, 0.29) is 5.02 Å². The van der Waals surface area contributed by atoms with Crippen LogP contribution in [0.1, 0.15) is 12.8 Å². The standard InChI is InChI=1S/C13H15ClFN3O/c14-9-4-12-11(5-10(9)15)17-13(16)18(12)6-8-2-1-3-19-7-8/h4-5,8H,1-3,6-7H2,(H2,16,17). The van der Waals surface area contributed by atoms with Crippen LogP contribution in [0.15, 0.2) is 12.1 Å². The maximum Gasteiger partial charge on any atom is 0.201 e. The number of nitrogens with zero attached hydrogens (tertiary/aromatic N) is 2. The van der Waals surface area contributed by atoms with Gasteiger partial charge in [0.25, 0.3) is 0 Å². The van der Waals surface area contributed by atoms with Crippen molar-refractivity contribution in [1.29, 1.82) is 0 Å². The van der Waals surface area contributed by atoms with Crippen molar-refractivity contribution in [3.05, 3.63) is 23.0 Å². The van der Waals surface area contributed by atoms with E-state index in [0.29, 0.717) is 17.4 Å². The van der Waals surface area contributed by atoms with Crippen molar-refractivity contribution < 1.29 is 9.13 Å². The van der Waals surface area contributed by atoms with Crippen LogP contribution in [0, 0.1) is 11.7 Å². The Labute approximate surface area is 115 Å². The van der Waals surface area contributed by atoms with Gasteiger partial charge < -0.3 is 15.0 Å². The number of imidazole rings is 1. The van der Waals surface area contributed by atoms with Gasteiger partial charge in [-0.2, -0.15) is 0 Å². The summed E-state index contributed by atoms with van der Waals surface area (Å²) < 4.78 is 20.8. The highest BCUT2D eigenvalue weighted by Crippen LogP contribution is 2.27. The van der Waals surface area contributed by atoms with Crippen LogP contribution >= 0.6 is 11.6 Å². The topological polar surface area (TPSA) is 53.1 Å². The molecular weight excluding hydrogens is 269 g/mol. The van der Waals surface area contributed by atoms with Crippen molar-refractivity contribution in [2.45, 2.75) is 19.4 Å². The predicted octanol–water partition coefficient (Wildman–Crippen LogP) is 2.84. The Kier molecular flexibility index (Phi) is 3.33. The zero-order valence-electron chi connectivity index (χ0n) is 10.4. The first-order valence-corrected chi connectivity index (χ1v) is 6.71. The summed E-state index contributed by atoms with van der Waals surface area (Å²) in [5.74, 6) is 0.333. The van der Waals surface area contributed by atoms with E-state index in [1.807, 2.05) is 4.57 Å². The smallest absolute Gasteiger partial charge is 0.201 e. The minimum atomic E-state index is -0.472. The summed E-state index contributed by atoms with van der Waals surface area (Å²) in [7, 11) is 0. The van der Waals surface area contributed by atoms with E-state index in [1.165, 1.54) is 6.07 Å². The Morgan fingerprint density at radius 2 is 2.37 bits per heavy atom. The lowest BCUT2D eigenvalue weighted by atomic mass is 10.0. The number of aromatic nitrogens is 2. The number of benzene rings is 1. The molecule has 3 rings (SSSR count). The van der Waals surface area contributed by atoms with Gasteiger partial charge in [-0.1, -0.05) is 11.6 Å². The van der Waals surface area contributed by atoms with Gasteiger partial charge in [0.05, 0.1) is 22.7 Å². The average molecular weight is 284 g/mol. The van der Waals surface area contributed by atoms with Gasteiger partial charge >= 0.3 is 0 Å². The van der Waals surface area contributed by atoms with E-state index >= 15 is 0 Å². The van der Waals surface area contributed by atoms with Gasteiger partial charge in [-0.15, -0.1) is 0 Å². The molecule has 1 saturated heterocycles. The molecule has 0 radical (unpaired) electrons. The highest BCUT2D eigenvalue weighted by molar-refractivity contribution is 6.31. The molecule has 0 saturated carbocycles. The Bertz CT molecular complexity index is 607. The molecule has 1 atom stereocenters. The van der Waals surface area contributed by atoms with Gasteiger partial charge in [0.15, 0.2) is 0 Å². The number of ether oxygens (including phenoxy) is 1. The molecular formula is C13H15ClFN3O. The summed E-state index contributed by atoms with van der Waals surface area (Å²) in [6, 6.07) is 2.90. The number of fused-ring (bicyclic) bond motifs is 1. The van der Waals surface area contributed by atoms with E-state index in [9.17, 15) is 4.39 Å². The Balaban J connectivity index is 1.97. The third-order valence-electron chi connectivity index (χ3n) is 3.52. The molecule has 1 aliphatic rings. The molecule has 102 valence electrons. The molecule has 0 bridgehead atoms. The van der Waals surface area contributed by atoms with Gasteiger partial charge in [-0.25, -0.2) is 9.37 Å². The zero-order valence-corrected chi connectivity index (χ0v) is 11.2.